The average Bonchev–Trinajstić information content (AvgIpc) is 2.41. The predicted molar refractivity (Wildman–Crippen MR) is 72.8 cm³/mol. The molecule has 2 rings (SSSR count). The van der Waals surface area contributed by atoms with E-state index in [0.717, 1.165) is 0 Å². The van der Waals surface area contributed by atoms with Crippen LogP contribution in [0.1, 0.15) is 10.5 Å². The number of carboxylic acid groups (broad SMARTS) is 1. The standard InChI is InChI=1S/C13H10F2N2O2S/c14-13(15)20-10-6-2-1-4-8(10)16-11-7-3-5-9(17-11)12(18)19/h1-7,13H,(H,16,17)(H,18,19). The molecule has 0 atom stereocenters. The molecule has 0 aliphatic heterocycles. The van der Waals surface area contributed by atoms with Crippen LogP contribution in [0.15, 0.2) is 47.4 Å². The summed E-state index contributed by atoms with van der Waals surface area (Å²) in [4.78, 5) is 15.1. The molecule has 7 heteroatoms. The zero-order valence-electron chi connectivity index (χ0n) is 10.1. The van der Waals surface area contributed by atoms with E-state index in [4.69, 9.17) is 5.11 Å². The van der Waals surface area contributed by atoms with Crippen LogP contribution in [0, 0.1) is 0 Å². The number of para-hydroxylation sites is 1. The molecule has 1 aromatic carbocycles. The highest BCUT2D eigenvalue weighted by Crippen LogP contribution is 2.32. The zero-order chi connectivity index (χ0) is 14.5. The third kappa shape index (κ3) is 3.67. The van der Waals surface area contributed by atoms with Crippen molar-refractivity contribution >= 4 is 29.2 Å². The van der Waals surface area contributed by atoms with Crippen molar-refractivity contribution in [2.75, 3.05) is 5.32 Å². The van der Waals surface area contributed by atoms with Crippen molar-refractivity contribution < 1.29 is 18.7 Å². The van der Waals surface area contributed by atoms with E-state index in [2.05, 4.69) is 10.3 Å². The first kappa shape index (κ1) is 14.3. The van der Waals surface area contributed by atoms with Gasteiger partial charge < -0.3 is 10.4 Å². The molecule has 1 heterocycles. The van der Waals surface area contributed by atoms with Crippen LogP contribution in [0.2, 0.25) is 0 Å². The predicted octanol–water partition coefficient (Wildman–Crippen LogP) is 3.84. The highest BCUT2D eigenvalue weighted by molar-refractivity contribution is 7.99. The summed E-state index contributed by atoms with van der Waals surface area (Å²) in [6.07, 6.45) is 0. The summed E-state index contributed by atoms with van der Waals surface area (Å²) >= 11 is 0.415. The summed E-state index contributed by atoms with van der Waals surface area (Å²) < 4.78 is 24.9. The van der Waals surface area contributed by atoms with Crippen molar-refractivity contribution in [3.63, 3.8) is 0 Å². The van der Waals surface area contributed by atoms with Crippen LogP contribution in [0.25, 0.3) is 0 Å². The Labute approximate surface area is 117 Å². The number of alkyl halides is 2. The molecule has 0 bridgehead atoms. The van der Waals surface area contributed by atoms with E-state index in [1.54, 1.807) is 30.3 Å². The molecule has 2 aromatic rings. The fourth-order valence-electron chi connectivity index (χ4n) is 1.53. The van der Waals surface area contributed by atoms with Crippen LogP contribution in [-0.4, -0.2) is 21.8 Å². The number of hydrogen-bond acceptors (Lipinski definition) is 4. The molecule has 0 saturated carbocycles. The van der Waals surface area contributed by atoms with Crippen LogP contribution in [0.3, 0.4) is 0 Å². The van der Waals surface area contributed by atoms with Crippen molar-refractivity contribution in [3.05, 3.63) is 48.2 Å². The van der Waals surface area contributed by atoms with Crippen molar-refractivity contribution in [1.82, 2.24) is 4.98 Å². The molecule has 0 aliphatic carbocycles. The van der Waals surface area contributed by atoms with Gasteiger partial charge in [0, 0.05) is 4.90 Å². The largest absolute Gasteiger partial charge is 0.477 e. The number of thioether (sulfide) groups is 1. The van der Waals surface area contributed by atoms with E-state index >= 15 is 0 Å². The molecule has 2 N–H and O–H groups in total. The number of carboxylic acids is 1. The normalized spacial score (nSPS) is 10.6. The van der Waals surface area contributed by atoms with Gasteiger partial charge in [0.05, 0.1) is 5.69 Å². The Balaban J connectivity index is 2.25. The third-order valence-corrected chi connectivity index (χ3v) is 3.12. The van der Waals surface area contributed by atoms with E-state index in [-0.39, 0.29) is 11.5 Å². The fourth-order valence-corrected chi connectivity index (χ4v) is 2.13. The van der Waals surface area contributed by atoms with Crippen molar-refractivity contribution in [1.29, 1.82) is 0 Å². The zero-order valence-corrected chi connectivity index (χ0v) is 10.9. The molecule has 1 aromatic heterocycles. The molecular formula is C13H10F2N2O2S. The summed E-state index contributed by atoms with van der Waals surface area (Å²) in [6, 6.07) is 11.0. The Morgan fingerprint density at radius 3 is 2.65 bits per heavy atom. The highest BCUT2D eigenvalue weighted by Gasteiger charge is 2.11. The summed E-state index contributed by atoms with van der Waals surface area (Å²) in [7, 11) is 0. The van der Waals surface area contributed by atoms with Gasteiger partial charge in [-0.2, -0.15) is 8.78 Å². The van der Waals surface area contributed by atoms with Gasteiger partial charge in [0.25, 0.3) is 5.76 Å². The lowest BCUT2D eigenvalue weighted by Gasteiger charge is -2.10. The second-order valence-corrected chi connectivity index (χ2v) is 4.74. The van der Waals surface area contributed by atoms with E-state index in [1.165, 1.54) is 12.1 Å². The number of rotatable bonds is 5. The minimum Gasteiger partial charge on any atom is -0.477 e. The van der Waals surface area contributed by atoms with Gasteiger partial charge in [-0.1, -0.05) is 30.0 Å². The number of aromatic nitrogens is 1. The Hall–Kier alpha value is -2.15. The SMILES string of the molecule is O=C(O)c1cccc(Nc2ccccc2SC(F)F)n1. The van der Waals surface area contributed by atoms with Crippen LogP contribution in [-0.2, 0) is 0 Å². The number of carbonyl (C=O) groups is 1. The molecule has 0 radical (unpaired) electrons. The van der Waals surface area contributed by atoms with Gasteiger partial charge in [-0.3, -0.25) is 0 Å². The van der Waals surface area contributed by atoms with E-state index in [1.807, 2.05) is 0 Å². The first-order valence-electron chi connectivity index (χ1n) is 5.57. The number of aromatic carboxylic acids is 1. The maximum Gasteiger partial charge on any atom is 0.354 e. The van der Waals surface area contributed by atoms with Crippen LogP contribution >= 0.6 is 11.8 Å². The Bertz CT molecular complexity index is 623. The first-order valence-corrected chi connectivity index (χ1v) is 6.45. The van der Waals surface area contributed by atoms with Crippen LogP contribution in [0.5, 0.6) is 0 Å². The van der Waals surface area contributed by atoms with Crippen molar-refractivity contribution in [3.8, 4) is 0 Å². The smallest absolute Gasteiger partial charge is 0.354 e. The number of benzene rings is 1. The lowest BCUT2D eigenvalue weighted by molar-refractivity contribution is 0.0690. The molecule has 0 aliphatic rings. The number of pyridine rings is 1. The molecule has 0 amide bonds. The molecule has 0 unspecified atom stereocenters. The molecule has 4 nitrogen and oxygen atoms in total. The second kappa shape index (κ2) is 6.33. The average molecular weight is 296 g/mol. The minimum absolute atomic E-state index is 0.117. The Morgan fingerprint density at radius 1 is 1.20 bits per heavy atom. The number of halogens is 2. The van der Waals surface area contributed by atoms with Crippen molar-refractivity contribution in [2.24, 2.45) is 0 Å². The van der Waals surface area contributed by atoms with Crippen LogP contribution < -0.4 is 5.32 Å². The van der Waals surface area contributed by atoms with E-state index in [9.17, 15) is 13.6 Å². The summed E-state index contributed by atoms with van der Waals surface area (Å²) in [5.41, 5.74) is 0.335. The van der Waals surface area contributed by atoms with Crippen molar-refractivity contribution in [2.45, 2.75) is 10.7 Å². The van der Waals surface area contributed by atoms with Gasteiger partial charge in [-0.25, -0.2) is 9.78 Å². The lowest BCUT2D eigenvalue weighted by atomic mass is 10.3. The second-order valence-electron chi connectivity index (χ2n) is 3.71. The summed E-state index contributed by atoms with van der Waals surface area (Å²) in [5.74, 6) is -3.40. The maximum absolute atomic E-state index is 12.5. The molecule has 104 valence electrons. The van der Waals surface area contributed by atoms with Crippen LogP contribution in [0.4, 0.5) is 20.3 Å². The minimum atomic E-state index is -2.53. The highest BCUT2D eigenvalue weighted by atomic mass is 32.2. The molecule has 20 heavy (non-hydrogen) atoms. The molecule has 0 saturated heterocycles. The molecular weight excluding hydrogens is 286 g/mol. The van der Waals surface area contributed by atoms with Gasteiger partial charge >= 0.3 is 5.97 Å². The number of nitrogens with one attached hydrogen (secondary N) is 1. The fraction of sp³-hybridized carbons (Fsp3) is 0.0769. The van der Waals surface area contributed by atoms with Gasteiger partial charge in [0.15, 0.2) is 5.69 Å². The lowest BCUT2D eigenvalue weighted by Crippen LogP contribution is -2.03. The van der Waals surface area contributed by atoms with Gasteiger partial charge in [-0.05, 0) is 24.3 Å². The quantitative estimate of drug-likeness (QED) is 0.821. The topological polar surface area (TPSA) is 62.2 Å². The number of nitrogens with zero attached hydrogens (tertiary/aromatic N) is 1. The Morgan fingerprint density at radius 2 is 1.95 bits per heavy atom. The van der Waals surface area contributed by atoms with Gasteiger partial charge in [-0.15, -0.1) is 0 Å². The molecule has 0 fully saturated rings. The van der Waals surface area contributed by atoms with Gasteiger partial charge in [0.2, 0.25) is 0 Å². The monoisotopic (exact) mass is 296 g/mol. The summed E-state index contributed by atoms with van der Waals surface area (Å²) in [6.45, 7) is 0. The number of anilines is 2. The summed E-state index contributed by atoms with van der Waals surface area (Å²) in [5, 5.41) is 11.7. The van der Waals surface area contributed by atoms with E-state index in [0.29, 0.717) is 22.3 Å². The maximum atomic E-state index is 12.5. The third-order valence-electron chi connectivity index (χ3n) is 2.33. The van der Waals surface area contributed by atoms with E-state index < -0.39 is 11.7 Å². The first-order chi connectivity index (χ1) is 9.56. The molecule has 0 spiro atoms. The van der Waals surface area contributed by atoms with Gasteiger partial charge in [0.1, 0.15) is 5.82 Å². The Kier molecular flexibility index (Phi) is 4.52. The number of hydrogen-bond donors (Lipinski definition) is 2.